The monoisotopic (exact) mass is 598 g/mol. The van der Waals surface area contributed by atoms with Crippen molar-refractivity contribution >= 4 is 23.7 Å². The van der Waals surface area contributed by atoms with Crippen molar-refractivity contribution in [2.24, 2.45) is 0 Å². The van der Waals surface area contributed by atoms with Gasteiger partial charge in [-0.05, 0) is 75.3 Å². The summed E-state index contributed by atoms with van der Waals surface area (Å²) in [4.78, 5) is 34.2. The van der Waals surface area contributed by atoms with Gasteiger partial charge in [-0.15, -0.1) is 0 Å². The fourth-order valence-corrected chi connectivity index (χ4v) is 5.07. The second-order valence-electron chi connectivity index (χ2n) is 11.6. The molecule has 0 saturated carbocycles. The van der Waals surface area contributed by atoms with Crippen molar-refractivity contribution in [3.63, 3.8) is 0 Å². The number of methoxy groups -OCH3 is 1. The SMILES string of the molecule is COC(=O)Cc1ccccc1CCc1nc(Nc2ccc(C3CCCN(C(=O)OC(C)(C)C)C3)cc2)ncc1C(F)(F)F. The molecular weight excluding hydrogens is 561 g/mol. The van der Waals surface area contributed by atoms with Crippen molar-refractivity contribution in [3.05, 3.63) is 82.7 Å². The number of likely N-dealkylation sites (tertiary alicyclic amines) is 1. The molecule has 0 radical (unpaired) electrons. The highest BCUT2D eigenvalue weighted by Crippen LogP contribution is 2.33. The molecule has 8 nitrogen and oxygen atoms in total. The van der Waals surface area contributed by atoms with E-state index in [9.17, 15) is 22.8 Å². The first-order valence-electron chi connectivity index (χ1n) is 14.2. The van der Waals surface area contributed by atoms with Crippen LogP contribution in [-0.4, -0.2) is 52.7 Å². The zero-order chi connectivity index (χ0) is 31.2. The van der Waals surface area contributed by atoms with Crippen LogP contribution in [0.3, 0.4) is 0 Å². The topological polar surface area (TPSA) is 93.7 Å². The Kier molecular flexibility index (Phi) is 9.93. The summed E-state index contributed by atoms with van der Waals surface area (Å²) in [6.07, 6.45) is -2.06. The molecular formula is C32H37F3N4O4. The van der Waals surface area contributed by atoms with Crippen LogP contribution in [0.5, 0.6) is 0 Å². The zero-order valence-corrected chi connectivity index (χ0v) is 24.8. The number of hydrogen-bond acceptors (Lipinski definition) is 7. The summed E-state index contributed by atoms with van der Waals surface area (Å²) < 4.78 is 51.7. The Labute approximate surface area is 249 Å². The van der Waals surface area contributed by atoms with Gasteiger partial charge in [0.2, 0.25) is 5.95 Å². The Morgan fingerprint density at radius 1 is 1.02 bits per heavy atom. The maximum absolute atomic E-state index is 13.8. The van der Waals surface area contributed by atoms with Gasteiger partial charge in [0.1, 0.15) is 5.60 Å². The summed E-state index contributed by atoms with van der Waals surface area (Å²) in [6, 6.07) is 14.6. The van der Waals surface area contributed by atoms with Crippen molar-refractivity contribution < 1.29 is 32.2 Å². The minimum Gasteiger partial charge on any atom is -0.469 e. The largest absolute Gasteiger partial charge is 0.469 e. The van der Waals surface area contributed by atoms with Gasteiger partial charge in [-0.1, -0.05) is 36.4 Å². The maximum Gasteiger partial charge on any atom is 0.419 e. The number of nitrogens with one attached hydrogen (secondary N) is 1. The number of alkyl halides is 3. The predicted molar refractivity (Wildman–Crippen MR) is 156 cm³/mol. The lowest BCUT2D eigenvalue weighted by Crippen LogP contribution is -2.42. The molecule has 2 aromatic carbocycles. The average molecular weight is 599 g/mol. The molecule has 2 heterocycles. The quantitative estimate of drug-likeness (QED) is 0.283. The number of aryl methyl sites for hydroxylation is 2. The van der Waals surface area contributed by atoms with E-state index in [0.717, 1.165) is 30.2 Å². The van der Waals surface area contributed by atoms with Crippen LogP contribution in [0, 0.1) is 0 Å². The number of ether oxygens (including phenoxy) is 2. The molecule has 1 amide bonds. The molecule has 11 heteroatoms. The average Bonchev–Trinajstić information content (AvgIpc) is 2.95. The van der Waals surface area contributed by atoms with E-state index in [1.54, 1.807) is 29.2 Å². The fraction of sp³-hybridized carbons (Fsp3) is 0.438. The number of nitrogens with zero attached hydrogens (tertiary/aromatic N) is 3. The van der Waals surface area contributed by atoms with Crippen LogP contribution >= 0.6 is 0 Å². The molecule has 0 aliphatic carbocycles. The van der Waals surface area contributed by atoms with Gasteiger partial charge in [-0.3, -0.25) is 4.79 Å². The highest BCUT2D eigenvalue weighted by Gasteiger charge is 2.35. The van der Waals surface area contributed by atoms with Crippen LogP contribution < -0.4 is 5.32 Å². The van der Waals surface area contributed by atoms with Gasteiger partial charge in [-0.2, -0.15) is 13.2 Å². The van der Waals surface area contributed by atoms with E-state index in [1.165, 1.54) is 7.11 Å². The van der Waals surface area contributed by atoms with Crippen molar-refractivity contribution in [1.29, 1.82) is 0 Å². The Balaban J connectivity index is 1.46. The highest BCUT2D eigenvalue weighted by atomic mass is 19.4. The lowest BCUT2D eigenvalue weighted by Gasteiger charge is -2.34. The third kappa shape index (κ3) is 8.92. The molecule has 1 aromatic heterocycles. The van der Waals surface area contributed by atoms with E-state index in [0.29, 0.717) is 24.3 Å². The maximum atomic E-state index is 13.8. The van der Waals surface area contributed by atoms with E-state index >= 15 is 0 Å². The van der Waals surface area contributed by atoms with Crippen LogP contribution in [0.4, 0.5) is 29.6 Å². The molecule has 1 saturated heterocycles. The Bertz CT molecular complexity index is 1420. The van der Waals surface area contributed by atoms with Gasteiger partial charge in [0.05, 0.1) is 24.8 Å². The predicted octanol–water partition coefficient (Wildman–Crippen LogP) is 6.85. The molecule has 1 aliphatic rings. The third-order valence-electron chi connectivity index (χ3n) is 7.20. The van der Waals surface area contributed by atoms with Crippen molar-refractivity contribution in [2.45, 2.75) is 70.6 Å². The number of aromatic nitrogens is 2. The van der Waals surface area contributed by atoms with Gasteiger partial charge < -0.3 is 19.7 Å². The van der Waals surface area contributed by atoms with Crippen LogP contribution in [0.15, 0.2) is 54.7 Å². The number of esters is 1. The number of benzene rings is 2. The third-order valence-corrected chi connectivity index (χ3v) is 7.20. The first-order chi connectivity index (χ1) is 20.3. The molecule has 0 bridgehead atoms. The molecule has 1 aliphatic heterocycles. The number of rotatable bonds is 8. The smallest absolute Gasteiger partial charge is 0.419 e. The minimum absolute atomic E-state index is 0.000997. The molecule has 1 fully saturated rings. The normalized spacial score (nSPS) is 15.6. The van der Waals surface area contributed by atoms with Crippen molar-refractivity contribution in [3.8, 4) is 0 Å². The Morgan fingerprint density at radius 2 is 1.72 bits per heavy atom. The van der Waals surface area contributed by atoms with Crippen molar-refractivity contribution in [2.75, 3.05) is 25.5 Å². The number of anilines is 2. The van der Waals surface area contributed by atoms with Crippen LogP contribution in [0.1, 0.15) is 67.5 Å². The van der Waals surface area contributed by atoms with E-state index < -0.39 is 23.3 Å². The first-order valence-corrected chi connectivity index (χ1v) is 14.2. The number of halogens is 3. The second-order valence-corrected chi connectivity index (χ2v) is 11.6. The number of carbonyl (C=O) groups excluding carboxylic acids is 2. The van der Waals surface area contributed by atoms with Gasteiger partial charge in [0, 0.05) is 30.9 Å². The molecule has 230 valence electrons. The molecule has 0 spiro atoms. The van der Waals surface area contributed by atoms with Crippen molar-refractivity contribution in [1.82, 2.24) is 14.9 Å². The second kappa shape index (κ2) is 13.4. The number of amides is 1. The summed E-state index contributed by atoms with van der Waals surface area (Å²) in [6.45, 7) is 6.72. The summed E-state index contributed by atoms with van der Waals surface area (Å²) >= 11 is 0. The van der Waals surface area contributed by atoms with E-state index in [4.69, 9.17) is 9.47 Å². The van der Waals surface area contributed by atoms with E-state index in [2.05, 4.69) is 15.3 Å². The first kappa shape index (κ1) is 31.8. The summed E-state index contributed by atoms with van der Waals surface area (Å²) in [5.74, 6) is -0.231. The lowest BCUT2D eigenvalue weighted by molar-refractivity contribution is -0.140. The number of carbonyl (C=O) groups is 2. The number of hydrogen-bond donors (Lipinski definition) is 1. The molecule has 43 heavy (non-hydrogen) atoms. The summed E-state index contributed by atoms with van der Waals surface area (Å²) in [5.41, 5.74) is 1.52. The number of piperidine rings is 1. The molecule has 1 atom stereocenters. The fourth-order valence-electron chi connectivity index (χ4n) is 5.07. The Hall–Kier alpha value is -4.15. The minimum atomic E-state index is -4.62. The summed E-state index contributed by atoms with van der Waals surface area (Å²) in [5, 5.41) is 3.01. The van der Waals surface area contributed by atoms with Crippen LogP contribution in [0.25, 0.3) is 0 Å². The van der Waals surface area contributed by atoms with Gasteiger partial charge in [0.25, 0.3) is 0 Å². The molecule has 1 N–H and O–H groups in total. The molecule has 3 aromatic rings. The van der Waals surface area contributed by atoms with E-state index in [1.807, 2.05) is 45.0 Å². The highest BCUT2D eigenvalue weighted by molar-refractivity contribution is 5.73. The lowest BCUT2D eigenvalue weighted by atomic mass is 9.90. The van der Waals surface area contributed by atoms with Gasteiger partial charge in [0.15, 0.2) is 0 Å². The molecule has 4 rings (SSSR count). The van der Waals surface area contributed by atoms with E-state index in [-0.39, 0.29) is 42.9 Å². The van der Waals surface area contributed by atoms with Crippen LogP contribution in [-0.2, 0) is 39.7 Å². The van der Waals surface area contributed by atoms with Gasteiger partial charge >= 0.3 is 18.2 Å². The van der Waals surface area contributed by atoms with Crippen LogP contribution in [0.2, 0.25) is 0 Å². The standard InChI is InChI=1S/C32H37F3N4O4/c1-31(2,3)43-30(41)39-17-7-10-24(20-39)22-11-14-25(15-12-22)37-29-36-19-26(32(33,34)35)27(38-29)16-13-21-8-5-6-9-23(21)18-28(40)42-4/h5-6,8-9,11-12,14-15,19,24H,7,10,13,16-18,20H2,1-4H3,(H,36,37,38). The Morgan fingerprint density at radius 3 is 2.37 bits per heavy atom. The molecule has 1 unspecified atom stereocenters. The zero-order valence-electron chi connectivity index (χ0n) is 24.8. The van der Waals surface area contributed by atoms with Gasteiger partial charge in [-0.25, -0.2) is 14.8 Å². The summed E-state index contributed by atoms with van der Waals surface area (Å²) in [7, 11) is 1.29.